The third-order valence-electron chi connectivity index (χ3n) is 3.11. The van der Waals surface area contributed by atoms with Crippen molar-refractivity contribution in [3.63, 3.8) is 0 Å². The molecule has 1 aromatic carbocycles. The van der Waals surface area contributed by atoms with E-state index in [0.717, 1.165) is 5.69 Å². The number of hydrogen-bond acceptors (Lipinski definition) is 5. The molecule has 1 aliphatic rings. The van der Waals surface area contributed by atoms with Crippen LogP contribution in [-0.2, 0) is 10.0 Å². The van der Waals surface area contributed by atoms with Crippen LogP contribution in [0.15, 0.2) is 24.3 Å². The first-order valence-electron chi connectivity index (χ1n) is 5.82. The molecule has 19 heavy (non-hydrogen) atoms. The van der Waals surface area contributed by atoms with Gasteiger partial charge in [0.2, 0.25) is 10.0 Å². The lowest BCUT2D eigenvalue weighted by atomic mass is 10.2. The van der Waals surface area contributed by atoms with Crippen LogP contribution < -0.4 is 4.90 Å². The third kappa shape index (κ3) is 3.21. The Balaban J connectivity index is 2.10. The smallest absolute Gasteiger partial charge is 0.271 e. The predicted molar refractivity (Wildman–Crippen MR) is 71.7 cm³/mol. The van der Waals surface area contributed by atoms with E-state index in [4.69, 9.17) is 0 Å². The highest BCUT2D eigenvalue weighted by atomic mass is 32.2. The van der Waals surface area contributed by atoms with Crippen molar-refractivity contribution in [3.8, 4) is 0 Å². The number of nitro groups is 1. The van der Waals surface area contributed by atoms with Gasteiger partial charge in [0.05, 0.1) is 11.2 Å². The second-order valence-corrected chi connectivity index (χ2v) is 6.41. The van der Waals surface area contributed by atoms with E-state index in [9.17, 15) is 18.5 Å². The summed E-state index contributed by atoms with van der Waals surface area (Å²) in [6.45, 7) is 1.88. The number of nitro benzene ring substituents is 1. The minimum atomic E-state index is -3.15. The first kappa shape index (κ1) is 13.8. The fourth-order valence-corrected chi connectivity index (χ4v) is 2.91. The molecular weight excluding hydrogens is 270 g/mol. The lowest BCUT2D eigenvalue weighted by molar-refractivity contribution is -0.384. The average molecular weight is 285 g/mol. The summed E-state index contributed by atoms with van der Waals surface area (Å²) in [5.41, 5.74) is 0.797. The predicted octanol–water partition coefficient (Wildman–Crippen LogP) is 0.676. The van der Waals surface area contributed by atoms with Gasteiger partial charge in [0, 0.05) is 44.0 Å². The van der Waals surface area contributed by atoms with Gasteiger partial charge in [-0.1, -0.05) is 6.07 Å². The van der Waals surface area contributed by atoms with Crippen molar-refractivity contribution in [2.45, 2.75) is 0 Å². The second-order valence-electron chi connectivity index (χ2n) is 4.43. The number of piperazine rings is 1. The molecule has 0 bridgehead atoms. The van der Waals surface area contributed by atoms with E-state index < -0.39 is 14.9 Å². The van der Waals surface area contributed by atoms with Crippen molar-refractivity contribution in [1.82, 2.24) is 4.31 Å². The van der Waals surface area contributed by atoms with Crippen LogP contribution in [0.4, 0.5) is 11.4 Å². The Labute approximate surface area is 111 Å². The number of sulfonamides is 1. The Kier molecular flexibility index (Phi) is 3.72. The average Bonchev–Trinajstić information content (AvgIpc) is 2.38. The molecule has 1 aromatic rings. The Morgan fingerprint density at radius 3 is 2.37 bits per heavy atom. The van der Waals surface area contributed by atoms with E-state index >= 15 is 0 Å². The largest absolute Gasteiger partial charge is 0.369 e. The van der Waals surface area contributed by atoms with Crippen LogP contribution in [0, 0.1) is 10.1 Å². The normalized spacial score (nSPS) is 17.4. The Morgan fingerprint density at radius 1 is 1.21 bits per heavy atom. The van der Waals surface area contributed by atoms with Gasteiger partial charge in [0.1, 0.15) is 0 Å². The van der Waals surface area contributed by atoms with E-state index in [1.54, 1.807) is 12.1 Å². The van der Waals surface area contributed by atoms with Crippen LogP contribution in [0.5, 0.6) is 0 Å². The third-order valence-corrected chi connectivity index (χ3v) is 4.42. The molecular formula is C11H15N3O4S. The zero-order chi connectivity index (χ0) is 14.0. The topological polar surface area (TPSA) is 83.8 Å². The molecule has 1 aliphatic heterocycles. The van der Waals surface area contributed by atoms with Gasteiger partial charge in [-0.15, -0.1) is 0 Å². The molecule has 0 radical (unpaired) electrons. The molecule has 0 aliphatic carbocycles. The molecule has 0 aromatic heterocycles. The van der Waals surface area contributed by atoms with Gasteiger partial charge in [-0.2, -0.15) is 4.31 Å². The van der Waals surface area contributed by atoms with Gasteiger partial charge in [-0.3, -0.25) is 10.1 Å². The second kappa shape index (κ2) is 5.14. The van der Waals surface area contributed by atoms with Crippen molar-refractivity contribution >= 4 is 21.4 Å². The molecule has 0 amide bonds. The van der Waals surface area contributed by atoms with Gasteiger partial charge in [0.15, 0.2) is 0 Å². The molecule has 1 fully saturated rings. The first-order chi connectivity index (χ1) is 8.88. The number of benzene rings is 1. The molecule has 0 saturated carbocycles. The molecule has 0 atom stereocenters. The van der Waals surface area contributed by atoms with E-state index in [2.05, 4.69) is 0 Å². The standard InChI is InChI=1S/C11H15N3O4S/c1-19(17,18)13-7-5-12(6-8-13)10-3-2-4-11(9-10)14(15)16/h2-4,9H,5-8H2,1H3. The molecule has 0 unspecified atom stereocenters. The summed E-state index contributed by atoms with van der Waals surface area (Å²) in [4.78, 5) is 12.2. The Bertz CT molecular complexity index is 579. The van der Waals surface area contributed by atoms with Crippen molar-refractivity contribution in [1.29, 1.82) is 0 Å². The maximum atomic E-state index is 11.4. The summed E-state index contributed by atoms with van der Waals surface area (Å²) in [6, 6.07) is 6.38. The molecule has 7 nitrogen and oxygen atoms in total. The van der Waals surface area contributed by atoms with E-state index in [0.29, 0.717) is 26.2 Å². The Hall–Kier alpha value is -1.67. The van der Waals surface area contributed by atoms with Gasteiger partial charge >= 0.3 is 0 Å². The number of nitrogens with zero attached hydrogens (tertiary/aromatic N) is 3. The van der Waals surface area contributed by atoms with Crippen molar-refractivity contribution in [3.05, 3.63) is 34.4 Å². The van der Waals surface area contributed by atoms with E-state index in [-0.39, 0.29) is 5.69 Å². The SMILES string of the molecule is CS(=O)(=O)N1CCN(c2cccc([N+](=O)[O-])c2)CC1. The minimum absolute atomic E-state index is 0.0445. The van der Waals surface area contributed by atoms with Crippen LogP contribution in [0.25, 0.3) is 0 Å². The number of rotatable bonds is 3. The van der Waals surface area contributed by atoms with Crippen molar-refractivity contribution in [2.24, 2.45) is 0 Å². The summed E-state index contributed by atoms with van der Waals surface area (Å²) >= 11 is 0. The zero-order valence-electron chi connectivity index (χ0n) is 10.5. The molecule has 104 valence electrons. The fraction of sp³-hybridized carbons (Fsp3) is 0.455. The highest BCUT2D eigenvalue weighted by molar-refractivity contribution is 7.88. The van der Waals surface area contributed by atoms with Crippen LogP contribution >= 0.6 is 0 Å². The quantitative estimate of drug-likeness (QED) is 0.602. The summed E-state index contributed by atoms with van der Waals surface area (Å²) in [5, 5.41) is 10.7. The van der Waals surface area contributed by atoms with Crippen molar-refractivity contribution in [2.75, 3.05) is 37.3 Å². The summed E-state index contributed by atoms with van der Waals surface area (Å²) in [5.74, 6) is 0. The van der Waals surface area contributed by atoms with E-state index in [1.165, 1.54) is 22.7 Å². The van der Waals surface area contributed by atoms with Crippen LogP contribution in [0.2, 0.25) is 0 Å². The van der Waals surface area contributed by atoms with Crippen molar-refractivity contribution < 1.29 is 13.3 Å². The number of non-ortho nitro benzene ring substituents is 1. The molecule has 0 N–H and O–H groups in total. The van der Waals surface area contributed by atoms with Crippen LogP contribution in [0.3, 0.4) is 0 Å². The van der Waals surface area contributed by atoms with Crippen LogP contribution in [-0.4, -0.2) is 50.1 Å². The maximum absolute atomic E-state index is 11.4. The van der Waals surface area contributed by atoms with Gasteiger partial charge in [-0.25, -0.2) is 8.42 Å². The molecule has 1 heterocycles. The molecule has 2 rings (SSSR count). The monoisotopic (exact) mass is 285 g/mol. The minimum Gasteiger partial charge on any atom is -0.369 e. The molecule has 1 saturated heterocycles. The first-order valence-corrected chi connectivity index (χ1v) is 7.67. The number of hydrogen-bond donors (Lipinski definition) is 0. The zero-order valence-corrected chi connectivity index (χ0v) is 11.3. The van der Waals surface area contributed by atoms with Gasteiger partial charge in [0.25, 0.3) is 5.69 Å². The lowest BCUT2D eigenvalue weighted by Crippen LogP contribution is -2.48. The summed E-state index contributed by atoms with van der Waals surface area (Å²) in [6.07, 6.45) is 1.19. The van der Waals surface area contributed by atoms with Gasteiger partial charge < -0.3 is 4.90 Å². The highest BCUT2D eigenvalue weighted by Crippen LogP contribution is 2.22. The molecule has 8 heteroatoms. The summed E-state index contributed by atoms with van der Waals surface area (Å²) < 4.78 is 24.2. The fourth-order valence-electron chi connectivity index (χ4n) is 2.08. The summed E-state index contributed by atoms with van der Waals surface area (Å²) in [7, 11) is -3.15. The van der Waals surface area contributed by atoms with Crippen LogP contribution in [0.1, 0.15) is 0 Å². The lowest BCUT2D eigenvalue weighted by Gasteiger charge is -2.34. The highest BCUT2D eigenvalue weighted by Gasteiger charge is 2.24. The van der Waals surface area contributed by atoms with E-state index in [1.807, 2.05) is 4.90 Å². The maximum Gasteiger partial charge on any atom is 0.271 e. The number of anilines is 1. The molecule has 0 spiro atoms. The Morgan fingerprint density at radius 2 is 1.84 bits per heavy atom. The van der Waals surface area contributed by atoms with Gasteiger partial charge in [-0.05, 0) is 6.07 Å².